The van der Waals surface area contributed by atoms with Gasteiger partial charge in [-0.2, -0.15) is 0 Å². The Morgan fingerprint density at radius 3 is 2.77 bits per heavy atom. The van der Waals surface area contributed by atoms with Crippen molar-refractivity contribution < 1.29 is 0 Å². The minimum absolute atomic E-state index is 0.404. The number of hydrogen-bond donors (Lipinski definition) is 3. The average molecular weight is 351 g/mol. The predicted octanol–water partition coefficient (Wildman–Crippen LogP) is 2.39. The fourth-order valence-corrected chi connectivity index (χ4v) is 3.04. The van der Waals surface area contributed by atoms with Gasteiger partial charge in [-0.1, -0.05) is 0 Å². The van der Waals surface area contributed by atoms with E-state index in [2.05, 4.69) is 25.6 Å². The van der Waals surface area contributed by atoms with E-state index in [1.165, 1.54) is 6.20 Å². The van der Waals surface area contributed by atoms with Crippen molar-refractivity contribution in [1.29, 1.82) is 0 Å². The molecule has 2 aromatic rings. The number of piperidine rings is 1. The molecule has 4 N–H and O–H groups in total. The molecule has 1 aliphatic rings. The largest absolute Gasteiger partial charge is 0.404 e. The Bertz CT molecular complexity index is 807. The molecule has 3 heterocycles. The lowest BCUT2D eigenvalue weighted by molar-refractivity contribution is 0.452. The number of nitrogens with one attached hydrogen (secondary N) is 2. The Labute approximate surface area is 153 Å². The molecule has 0 saturated carbocycles. The molecule has 1 aliphatic heterocycles. The molecular weight excluding hydrogens is 326 g/mol. The number of allylic oxidation sites excluding steroid dienone is 1. The van der Waals surface area contributed by atoms with E-state index in [0.29, 0.717) is 23.1 Å². The molecule has 26 heavy (non-hydrogen) atoms. The van der Waals surface area contributed by atoms with Crippen LogP contribution < -0.4 is 16.4 Å². The summed E-state index contributed by atoms with van der Waals surface area (Å²) in [6.07, 6.45) is 7.06. The smallest absolute Gasteiger partial charge is 0.164 e. The van der Waals surface area contributed by atoms with Gasteiger partial charge in [0.05, 0.1) is 5.57 Å². The third-order valence-electron chi connectivity index (χ3n) is 4.38. The fraction of sp³-hybridized carbons (Fsp3) is 0.368. The normalized spacial score (nSPS) is 16.2. The third kappa shape index (κ3) is 4.43. The third-order valence-corrected chi connectivity index (χ3v) is 4.38. The van der Waals surface area contributed by atoms with Crippen molar-refractivity contribution in [3.63, 3.8) is 0 Å². The highest BCUT2D eigenvalue weighted by Crippen LogP contribution is 2.27. The lowest BCUT2D eigenvalue weighted by Gasteiger charge is -2.23. The summed E-state index contributed by atoms with van der Waals surface area (Å²) in [7, 11) is 1.70. The number of nitrogens with two attached hydrogens (primary N) is 1. The van der Waals surface area contributed by atoms with Gasteiger partial charge in [0.2, 0.25) is 0 Å². The number of nitrogens with zero attached hydrogens (tertiary/aromatic N) is 4. The maximum atomic E-state index is 5.77. The van der Waals surface area contributed by atoms with Gasteiger partial charge in [-0.3, -0.25) is 4.99 Å². The van der Waals surface area contributed by atoms with Crippen molar-refractivity contribution in [2.24, 2.45) is 10.7 Å². The molecule has 1 fully saturated rings. The molecule has 3 rings (SSSR count). The Morgan fingerprint density at radius 2 is 2.08 bits per heavy atom. The van der Waals surface area contributed by atoms with Gasteiger partial charge in [-0.15, -0.1) is 0 Å². The summed E-state index contributed by atoms with van der Waals surface area (Å²) in [5, 5.41) is 6.69. The molecule has 7 heteroatoms. The standard InChI is InChI=1S/C19H25N7/c1-13-3-8-23-17(9-13)25-18-10-16(14-4-6-22-7-5-14)24-19(26-18)15(11-20)12-21-2/h3,8-12,14,22H,4-7,20H2,1-2H3,(H,23,24,25,26). The minimum atomic E-state index is 0.404. The van der Waals surface area contributed by atoms with E-state index >= 15 is 0 Å². The van der Waals surface area contributed by atoms with Crippen molar-refractivity contribution in [3.05, 3.63) is 47.7 Å². The summed E-state index contributed by atoms with van der Waals surface area (Å²) in [5.41, 5.74) is 8.62. The number of pyridine rings is 1. The van der Waals surface area contributed by atoms with E-state index < -0.39 is 0 Å². The summed E-state index contributed by atoms with van der Waals surface area (Å²) < 4.78 is 0. The zero-order valence-corrected chi connectivity index (χ0v) is 15.2. The molecule has 0 bridgehead atoms. The van der Waals surface area contributed by atoms with Crippen LogP contribution in [0.1, 0.15) is 35.8 Å². The van der Waals surface area contributed by atoms with Crippen LogP contribution in [0.5, 0.6) is 0 Å². The number of anilines is 2. The monoisotopic (exact) mass is 351 g/mol. The van der Waals surface area contributed by atoms with Crippen LogP contribution in [0.25, 0.3) is 5.57 Å². The second-order valence-electron chi connectivity index (χ2n) is 6.38. The lowest BCUT2D eigenvalue weighted by atomic mass is 9.94. The average Bonchev–Trinajstić information content (AvgIpc) is 2.66. The van der Waals surface area contributed by atoms with Crippen molar-refractivity contribution in [1.82, 2.24) is 20.3 Å². The molecular formula is C19H25N7. The highest BCUT2D eigenvalue weighted by molar-refractivity contribution is 6.08. The minimum Gasteiger partial charge on any atom is -0.404 e. The van der Waals surface area contributed by atoms with Crippen molar-refractivity contribution in [2.45, 2.75) is 25.7 Å². The molecule has 0 radical (unpaired) electrons. The first-order valence-corrected chi connectivity index (χ1v) is 8.83. The zero-order chi connectivity index (χ0) is 18.4. The predicted molar refractivity (Wildman–Crippen MR) is 106 cm³/mol. The first-order valence-electron chi connectivity index (χ1n) is 8.83. The number of rotatable bonds is 5. The lowest BCUT2D eigenvalue weighted by Crippen LogP contribution is -2.27. The van der Waals surface area contributed by atoms with E-state index in [-0.39, 0.29) is 0 Å². The SMILES string of the molecule is CN=CC(=CN)c1nc(Nc2cc(C)ccn2)cc(C2CCNCC2)n1. The van der Waals surface area contributed by atoms with Crippen LogP contribution in [-0.4, -0.2) is 41.3 Å². The summed E-state index contributed by atoms with van der Waals surface area (Å²) in [5.74, 6) is 2.45. The molecule has 7 nitrogen and oxygen atoms in total. The fourth-order valence-electron chi connectivity index (χ4n) is 3.04. The van der Waals surface area contributed by atoms with Crippen LogP contribution >= 0.6 is 0 Å². The van der Waals surface area contributed by atoms with Gasteiger partial charge < -0.3 is 16.4 Å². The summed E-state index contributed by atoms with van der Waals surface area (Å²) >= 11 is 0. The maximum Gasteiger partial charge on any atom is 0.164 e. The van der Waals surface area contributed by atoms with Crippen molar-refractivity contribution in [3.8, 4) is 0 Å². The van der Waals surface area contributed by atoms with Crippen molar-refractivity contribution >= 4 is 23.4 Å². The van der Waals surface area contributed by atoms with E-state index in [0.717, 1.165) is 43.0 Å². The topological polar surface area (TPSA) is 101 Å². The molecule has 0 spiro atoms. The highest BCUT2D eigenvalue weighted by Gasteiger charge is 2.19. The van der Waals surface area contributed by atoms with Crippen LogP contribution in [-0.2, 0) is 0 Å². The molecule has 0 aliphatic carbocycles. The maximum absolute atomic E-state index is 5.77. The Hall–Kier alpha value is -2.80. The van der Waals surface area contributed by atoms with E-state index in [4.69, 9.17) is 10.7 Å². The van der Waals surface area contributed by atoms with Crippen LogP contribution in [0.4, 0.5) is 11.6 Å². The zero-order valence-electron chi connectivity index (χ0n) is 15.2. The van der Waals surface area contributed by atoms with Gasteiger partial charge >= 0.3 is 0 Å². The Morgan fingerprint density at radius 1 is 1.27 bits per heavy atom. The molecule has 136 valence electrons. The summed E-state index contributed by atoms with van der Waals surface area (Å²) in [6.45, 7) is 4.04. The molecule has 2 aromatic heterocycles. The molecule has 1 saturated heterocycles. The molecule has 0 unspecified atom stereocenters. The van der Waals surface area contributed by atoms with Crippen LogP contribution in [0.15, 0.2) is 35.6 Å². The number of aromatic nitrogens is 3. The van der Waals surface area contributed by atoms with E-state index in [9.17, 15) is 0 Å². The first-order chi connectivity index (χ1) is 12.7. The highest BCUT2D eigenvalue weighted by atomic mass is 15.1. The number of hydrogen-bond acceptors (Lipinski definition) is 7. The van der Waals surface area contributed by atoms with Gasteiger partial charge in [0.1, 0.15) is 11.6 Å². The first kappa shape index (κ1) is 18.0. The van der Waals surface area contributed by atoms with E-state index in [1.807, 2.05) is 25.1 Å². The molecule has 0 atom stereocenters. The quantitative estimate of drug-likeness (QED) is 0.715. The van der Waals surface area contributed by atoms with Crippen LogP contribution in [0.3, 0.4) is 0 Å². The van der Waals surface area contributed by atoms with Crippen LogP contribution in [0, 0.1) is 6.92 Å². The summed E-state index contributed by atoms with van der Waals surface area (Å²) in [6, 6.07) is 5.96. The van der Waals surface area contributed by atoms with Gasteiger partial charge in [0.25, 0.3) is 0 Å². The van der Waals surface area contributed by atoms with Gasteiger partial charge in [0, 0.05) is 43.3 Å². The Balaban J connectivity index is 1.98. The van der Waals surface area contributed by atoms with Gasteiger partial charge in [-0.25, -0.2) is 15.0 Å². The van der Waals surface area contributed by atoms with Gasteiger partial charge in [0.15, 0.2) is 5.82 Å². The van der Waals surface area contributed by atoms with E-state index in [1.54, 1.807) is 19.5 Å². The number of aryl methyl sites for hydroxylation is 1. The Kier molecular flexibility index (Phi) is 5.91. The molecule has 0 amide bonds. The number of aliphatic imine (C=N–C) groups is 1. The van der Waals surface area contributed by atoms with Crippen LogP contribution in [0.2, 0.25) is 0 Å². The molecule has 0 aromatic carbocycles. The second-order valence-corrected chi connectivity index (χ2v) is 6.38. The summed E-state index contributed by atoms with van der Waals surface area (Å²) in [4.78, 5) is 17.8. The van der Waals surface area contributed by atoms with Gasteiger partial charge in [-0.05, 0) is 50.6 Å². The second kappa shape index (κ2) is 8.53. The van der Waals surface area contributed by atoms with Crippen molar-refractivity contribution in [2.75, 3.05) is 25.5 Å².